The minimum Gasteiger partial charge on any atom is -0.384 e. The van der Waals surface area contributed by atoms with Crippen LogP contribution in [-0.2, 0) is 16.1 Å². The molecule has 0 atom stereocenters. The van der Waals surface area contributed by atoms with Gasteiger partial charge < -0.3 is 15.0 Å². The summed E-state index contributed by atoms with van der Waals surface area (Å²) in [5.41, 5.74) is 0.786. The highest BCUT2D eigenvalue weighted by atomic mass is 16.5. The van der Waals surface area contributed by atoms with Crippen LogP contribution in [-0.4, -0.2) is 48.5 Å². The molecule has 0 radical (unpaired) electrons. The van der Waals surface area contributed by atoms with Crippen LogP contribution in [0.25, 0.3) is 0 Å². The van der Waals surface area contributed by atoms with Crippen molar-refractivity contribution in [2.24, 2.45) is 0 Å². The Bertz CT molecular complexity index is 550. The SMILES string of the molecule is CCn1ncc(N2CCC(NC(=O)CCOC)CC2)cc1=O. The largest absolute Gasteiger partial charge is 0.384 e. The molecular formula is C15H24N4O3. The number of piperidine rings is 1. The van der Waals surface area contributed by atoms with E-state index in [-0.39, 0.29) is 17.5 Å². The van der Waals surface area contributed by atoms with Gasteiger partial charge in [0.05, 0.1) is 18.5 Å². The molecule has 0 aliphatic carbocycles. The number of rotatable bonds is 6. The van der Waals surface area contributed by atoms with E-state index in [0.29, 0.717) is 19.6 Å². The van der Waals surface area contributed by atoms with Gasteiger partial charge in [0, 0.05) is 45.3 Å². The van der Waals surface area contributed by atoms with Crippen LogP contribution >= 0.6 is 0 Å². The topological polar surface area (TPSA) is 76.5 Å². The second-order valence-electron chi connectivity index (χ2n) is 5.44. The maximum absolute atomic E-state index is 11.8. The van der Waals surface area contributed by atoms with Crippen molar-refractivity contribution in [3.05, 3.63) is 22.6 Å². The molecular weight excluding hydrogens is 284 g/mol. The fourth-order valence-electron chi connectivity index (χ4n) is 2.61. The number of nitrogens with zero attached hydrogens (tertiary/aromatic N) is 3. The predicted octanol–water partition coefficient (Wildman–Crippen LogP) is 0.385. The van der Waals surface area contributed by atoms with Crippen LogP contribution in [0, 0.1) is 0 Å². The third-order valence-corrected chi connectivity index (χ3v) is 3.91. The monoisotopic (exact) mass is 308 g/mol. The van der Waals surface area contributed by atoms with Crippen LogP contribution in [0.1, 0.15) is 26.2 Å². The Morgan fingerprint density at radius 3 is 2.77 bits per heavy atom. The normalized spacial score (nSPS) is 15.8. The number of carbonyl (C=O) groups excluding carboxylic acids is 1. The second-order valence-corrected chi connectivity index (χ2v) is 5.44. The molecule has 7 nitrogen and oxygen atoms in total. The van der Waals surface area contributed by atoms with Gasteiger partial charge in [-0.05, 0) is 19.8 Å². The van der Waals surface area contributed by atoms with Gasteiger partial charge in [0.25, 0.3) is 5.56 Å². The number of aromatic nitrogens is 2. The number of carbonyl (C=O) groups is 1. The lowest BCUT2D eigenvalue weighted by atomic mass is 10.0. The van der Waals surface area contributed by atoms with Crippen molar-refractivity contribution in [3.63, 3.8) is 0 Å². The van der Waals surface area contributed by atoms with E-state index in [4.69, 9.17) is 4.74 Å². The third-order valence-electron chi connectivity index (χ3n) is 3.91. The molecule has 0 bridgehead atoms. The minimum atomic E-state index is -0.0741. The number of ether oxygens (including phenoxy) is 1. The van der Waals surface area contributed by atoms with Crippen LogP contribution < -0.4 is 15.8 Å². The van der Waals surface area contributed by atoms with Crippen LogP contribution in [0.5, 0.6) is 0 Å². The lowest BCUT2D eigenvalue weighted by Gasteiger charge is -2.33. The highest BCUT2D eigenvalue weighted by molar-refractivity contribution is 5.76. The average molecular weight is 308 g/mol. The number of methoxy groups -OCH3 is 1. The average Bonchev–Trinajstić information content (AvgIpc) is 2.53. The lowest BCUT2D eigenvalue weighted by molar-refractivity contribution is -0.122. The summed E-state index contributed by atoms with van der Waals surface area (Å²) < 4.78 is 6.34. The van der Waals surface area contributed by atoms with Crippen LogP contribution in [0.4, 0.5) is 5.69 Å². The number of nitrogens with one attached hydrogen (secondary N) is 1. The van der Waals surface area contributed by atoms with Gasteiger partial charge in [-0.15, -0.1) is 0 Å². The molecule has 1 saturated heterocycles. The number of hydrogen-bond acceptors (Lipinski definition) is 5. The molecule has 1 aliphatic heterocycles. The number of amides is 1. The van der Waals surface area contributed by atoms with Crippen molar-refractivity contribution in [2.45, 2.75) is 38.8 Å². The van der Waals surface area contributed by atoms with Gasteiger partial charge in [0.1, 0.15) is 0 Å². The van der Waals surface area contributed by atoms with Crippen molar-refractivity contribution in [1.82, 2.24) is 15.1 Å². The molecule has 122 valence electrons. The zero-order valence-electron chi connectivity index (χ0n) is 13.2. The van der Waals surface area contributed by atoms with E-state index in [1.54, 1.807) is 19.4 Å². The van der Waals surface area contributed by atoms with Crippen LogP contribution in [0.15, 0.2) is 17.1 Å². The van der Waals surface area contributed by atoms with Crippen LogP contribution in [0.2, 0.25) is 0 Å². The standard InChI is InChI=1S/C15H24N4O3/c1-3-19-15(21)10-13(11-16-19)18-7-4-12(5-8-18)17-14(20)6-9-22-2/h10-12H,3-9H2,1-2H3,(H,17,20). The highest BCUT2D eigenvalue weighted by Crippen LogP contribution is 2.17. The van der Waals surface area contributed by atoms with Gasteiger partial charge in [-0.25, -0.2) is 4.68 Å². The molecule has 2 heterocycles. The zero-order chi connectivity index (χ0) is 15.9. The Morgan fingerprint density at radius 2 is 2.18 bits per heavy atom. The van der Waals surface area contributed by atoms with Crippen molar-refractivity contribution in [1.29, 1.82) is 0 Å². The van der Waals surface area contributed by atoms with E-state index in [9.17, 15) is 9.59 Å². The van der Waals surface area contributed by atoms with Crippen molar-refractivity contribution < 1.29 is 9.53 Å². The van der Waals surface area contributed by atoms with Crippen molar-refractivity contribution in [3.8, 4) is 0 Å². The Labute approximate surface area is 130 Å². The summed E-state index contributed by atoms with van der Waals surface area (Å²) in [6, 6.07) is 1.83. The molecule has 22 heavy (non-hydrogen) atoms. The maximum Gasteiger partial charge on any atom is 0.268 e. The van der Waals surface area contributed by atoms with Gasteiger partial charge in [0.15, 0.2) is 0 Å². The molecule has 1 aromatic rings. The number of aryl methyl sites for hydroxylation is 1. The van der Waals surface area contributed by atoms with E-state index in [2.05, 4.69) is 15.3 Å². The summed E-state index contributed by atoms with van der Waals surface area (Å²) in [5.74, 6) is 0.0347. The van der Waals surface area contributed by atoms with Gasteiger partial charge in [-0.2, -0.15) is 5.10 Å². The molecule has 1 amide bonds. The van der Waals surface area contributed by atoms with Gasteiger partial charge in [-0.1, -0.05) is 0 Å². The molecule has 1 aliphatic rings. The molecule has 1 fully saturated rings. The highest BCUT2D eigenvalue weighted by Gasteiger charge is 2.21. The molecule has 1 aromatic heterocycles. The zero-order valence-corrected chi connectivity index (χ0v) is 13.2. The Balaban J connectivity index is 1.85. The molecule has 0 unspecified atom stereocenters. The molecule has 1 N–H and O–H groups in total. The first kappa shape index (κ1) is 16.5. The van der Waals surface area contributed by atoms with Crippen LogP contribution in [0.3, 0.4) is 0 Å². The number of anilines is 1. The first-order chi connectivity index (χ1) is 10.6. The lowest BCUT2D eigenvalue weighted by Crippen LogP contribution is -2.45. The fourth-order valence-corrected chi connectivity index (χ4v) is 2.61. The van der Waals surface area contributed by atoms with Gasteiger partial charge in [-0.3, -0.25) is 9.59 Å². The van der Waals surface area contributed by atoms with E-state index >= 15 is 0 Å². The Morgan fingerprint density at radius 1 is 1.45 bits per heavy atom. The molecule has 0 aromatic carbocycles. The molecule has 0 spiro atoms. The quantitative estimate of drug-likeness (QED) is 0.822. The van der Waals surface area contributed by atoms with Crippen molar-refractivity contribution >= 4 is 11.6 Å². The fraction of sp³-hybridized carbons (Fsp3) is 0.667. The summed E-state index contributed by atoms with van der Waals surface area (Å²) in [6.45, 7) is 4.55. The minimum absolute atomic E-state index is 0.0347. The Hall–Kier alpha value is -1.89. The Kier molecular flexibility index (Phi) is 5.94. The summed E-state index contributed by atoms with van der Waals surface area (Å²) >= 11 is 0. The maximum atomic E-state index is 11.8. The summed E-state index contributed by atoms with van der Waals surface area (Å²) in [4.78, 5) is 25.7. The first-order valence-electron chi connectivity index (χ1n) is 7.74. The summed E-state index contributed by atoms with van der Waals surface area (Å²) in [6.07, 6.45) is 3.88. The predicted molar refractivity (Wildman–Crippen MR) is 84.0 cm³/mol. The van der Waals surface area contributed by atoms with Gasteiger partial charge in [0.2, 0.25) is 5.91 Å². The smallest absolute Gasteiger partial charge is 0.268 e. The second kappa shape index (κ2) is 7.93. The molecule has 0 saturated carbocycles. The van der Waals surface area contributed by atoms with Crippen molar-refractivity contribution in [2.75, 3.05) is 31.7 Å². The van der Waals surface area contributed by atoms with E-state index in [1.165, 1.54) is 4.68 Å². The third kappa shape index (κ3) is 4.30. The van der Waals surface area contributed by atoms with Gasteiger partial charge >= 0.3 is 0 Å². The first-order valence-corrected chi connectivity index (χ1v) is 7.74. The van der Waals surface area contributed by atoms with E-state index in [0.717, 1.165) is 31.6 Å². The summed E-state index contributed by atoms with van der Waals surface area (Å²) in [5, 5.41) is 7.18. The summed E-state index contributed by atoms with van der Waals surface area (Å²) in [7, 11) is 1.59. The molecule has 2 rings (SSSR count). The number of hydrogen-bond donors (Lipinski definition) is 1. The van der Waals surface area contributed by atoms with E-state index < -0.39 is 0 Å². The molecule has 7 heteroatoms. The van der Waals surface area contributed by atoms with E-state index in [1.807, 2.05) is 6.92 Å².